The highest BCUT2D eigenvalue weighted by molar-refractivity contribution is 7.12. The Morgan fingerprint density at radius 3 is 2.70 bits per heavy atom. The summed E-state index contributed by atoms with van der Waals surface area (Å²) in [6.45, 7) is 6.15. The topological polar surface area (TPSA) is 55.4 Å². The number of hydrogen-bond acceptors (Lipinski definition) is 4. The van der Waals surface area contributed by atoms with Gasteiger partial charge in [-0.15, -0.1) is 11.3 Å². The SMILES string of the molecule is COC(=O)c1scc(C)c1NC(=O)C1CCCC1(C)C. The number of carbonyl (C=O) groups excluding carboxylic acids is 2. The van der Waals surface area contributed by atoms with Gasteiger partial charge in [-0.05, 0) is 36.1 Å². The first-order valence-electron chi connectivity index (χ1n) is 6.84. The number of hydrogen-bond donors (Lipinski definition) is 1. The maximum Gasteiger partial charge on any atom is 0.350 e. The molecule has 0 radical (unpaired) electrons. The van der Waals surface area contributed by atoms with E-state index in [0.29, 0.717) is 10.6 Å². The second-order valence-electron chi connectivity index (χ2n) is 6.04. The number of ether oxygens (including phenoxy) is 1. The molecule has 0 saturated heterocycles. The van der Waals surface area contributed by atoms with Crippen molar-refractivity contribution in [2.24, 2.45) is 11.3 Å². The molecule has 1 aliphatic carbocycles. The first kappa shape index (κ1) is 15.0. The number of amides is 1. The predicted octanol–water partition coefficient (Wildman–Crippen LogP) is 3.61. The van der Waals surface area contributed by atoms with Gasteiger partial charge in [-0.3, -0.25) is 4.79 Å². The maximum atomic E-state index is 12.5. The molecular weight excluding hydrogens is 274 g/mol. The zero-order valence-corrected chi connectivity index (χ0v) is 13.2. The molecule has 0 bridgehead atoms. The monoisotopic (exact) mass is 295 g/mol. The van der Waals surface area contributed by atoms with Crippen LogP contribution in [0.15, 0.2) is 5.38 Å². The van der Waals surface area contributed by atoms with Gasteiger partial charge < -0.3 is 10.1 Å². The highest BCUT2D eigenvalue weighted by atomic mass is 32.1. The highest BCUT2D eigenvalue weighted by Crippen LogP contribution is 2.43. The van der Waals surface area contributed by atoms with Gasteiger partial charge in [0.25, 0.3) is 0 Å². The van der Waals surface area contributed by atoms with Crippen molar-refractivity contribution in [3.63, 3.8) is 0 Å². The van der Waals surface area contributed by atoms with Gasteiger partial charge >= 0.3 is 5.97 Å². The van der Waals surface area contributed by atoms with Crippen molar-refractivity contribution in [3.05, 3.63) is 15.8 Å². The highest BCUT2D eigenvalue weighted by Gasteiger charge is 2.39. The average Bonchev–Trinajstić information content (AvgIpc) is 2.92. The molecule has 1 aromatic heterocycles. The molecule has 1 atom stereocenters. The lowest BCUT2D eigenvalue weighted by Gasteiger charge is -2.26. The fourth-order valence-corrected chi connectivity index (χ4v) is 3.79. The van der Waals surface area contributed by atoms with E-state index < -0.39 is 5.97 Å². The van der Waals surface area contributed by atoms with E-state index in [1.54, 1.807) is 0 Å². The van der Waals surface area contributed by atoms with Crippen molar-refractivity contribution in [1.29, 1.82) is 0 Å². The van der Waals surface area contributed by atoms with E-state index in [2.05, 4.69) is 19.2 Å². The van der Waals surface area contributed by atoms with Gasteiger partial charge in [0.05, 0.1) is 12.8 Å². The van der Waals surface area contributed by atoms with Crippen molar-refractivity contribution in [1.82, 2.24) is 0 Å². The Labute approximate surface area is 123 Å². The first-order chi connectivity index (χ1) is 9.36. The van der Waals surface area contributed by atoms with Gasteiger partial charge in [0.1, 0.15) is 4.88 Å². The normalized spacial score (nSPS) is 20.7. The number of anilines is 1. The molecule has 5 heteroatoms. The summed E-state index contributed by atoms with van der Waals surface area (Å²) >= 11 is 1.30. The standard InChI is InChI=1S/C15H21NO3S/c1-9-8-20-12(14(18)19-4)11(9)16-13(17)10-6-5-7-15(10,2)3/h8,10H,5-7H2,1-4H3,(H,16,17). The molecule has 1 aromatic rings. The summed E-state index contributed by atoms with van der Waals surface area (Å²) in [5.41, 5.74) is 1.54. The van der Waals surface area contributed by atoms with Gasteiger partial charge in [0.2, 0.25) is 5.91 Å². The third-order valence-electron chi connectivity index (χ3n) is 4.17. The quantitative estimate of drug-likeness (QED) is 0.867. The molecule has 0 aromatic carbocycles. The minimum Gasteiger partial charge on any atom is -0.465 e. The fraction of sp³-hybridized carbons (Fsp3) is 0.600. The predicted molar refractivity (Wildman–Crippen MR) is 80.1 cm³/mol. The van der Waals surface area contributed by atoms with Crippen LogP contribution in [0, 0.1) is 18.3 Å². The van der Waals surface area contributed by atoms with Crippen molar-refractivity contribution >= 4 is 28.9 Å². The van der Waals surface area contributed by atoms with Crippen LogP contribution < -0.4 is 5.32 Å². The van der Waals surface area contributed by atoms with Crippen LogP contribution in [0.25, 0.3) is 0 Å². The zero-order valence-electron chi connectivity index (χ0n) is 12.4. The minimum atomic E-state index is -0.399. The molecule has 0 spiro atoms. The lowest BCUT2D eigenvalue weighted by molar-refractivity contribution is -0.122. The summed E-state index contributed by atoms with van der Waals surface area (Å²) in [4.78, 5) is 24.7. The van der Waals surface area contributed by atoms with E-state index in [4.69, 9.17) is 4.74 Å². The summed E-state index contributed by atoms with van der Waals surface area (Å²) < 4.78 is 4.76. The Morgan fingerprint density at radius 2 is 2.15 bits per heavy atom. The molecule has 1 unspecified atom stereocenters. The lowest BCUT2D eigenvalue weighted by atomic mass is 9.81. The van der Waals surface area contributed by atoms with Crippen molar-refractivity contribution in [3.8, 4) is 0 Å². The average molecular weight is 295 g/mol. The molecule has 1 heterocycles. The maximum absolute atomic E-state index is 12.5. The van der Waals surface area contributed by atoms with Crippen LogP contribution >= 0.6 is 11.3 Å². The first-order valence-corrected chi connectivity index (χ1v) is 7.72. The van der Waals surface area contributed by atoms with Crippen molar-refractivity contribution in [2.45, 2.75) is 40.0 Å². The van der Waals surface area contributed by atoms with Crippen LogP contribution in [0.2, 0.25) is 0 Å². The Hall–Kier alpha value is -1.36. The fourth-order valence-electron chi connectivity index (χ4n) is 2.87. The molecular formula is C15H21NO3S. The number of esters is 1. The molecule has 20 heavy (non-hydrogen) atoms. The second kappa shape index (κ2) is 5.56. The molecule has 4 nitrogen and oxygen atoms in total. The Balaban J connectivity index is 2.20. The van der Waals surface area contributed by atoms with E-state index in [0.717, 1.165) is 24.8 Å². The molecule has 1 amide bonds. The van der Waals surface area contributed by atoms with E-state index in [9.17, 15) is 9.59 Å². The molecule has 2 rings (SSSR count). The number of carbonyl (C=O) groups is 2. The zero-order chi connectivity index (χ0) is 14.9. The van der Waals surface area contributed by atoms with E-state index in [-0.39, 0.29) is 17.2 Å². The molecule has 1 fully saturated rings. The van der Waals surface area contributed by atoms with Crippen LogP contribution in [0.1, 0.15) is 48.3 Å². The summed E-state index contributed by atoms with van der Waals surface area (Å²) in [7, 11) is 1.35. The molecule has 1 aliphatic rings. The van der Waals surface area contributed by atoms with Crippen LogP contribution in [-0.2, 0) is 9.53 Å². The number of rotatable bonds is 3. The van der Waals surface area contributed by atoms with E-state index >= 15 is 0 Å². The van der Waals surface area contributed by atoms with Gasteiger partial charge in [-0.2, -0.15) is 0 Å². The minimum absolute atomic E-state index is 0.00676. The Morgan fingerprint density at radius 1 is 1.45 bits per heavy atom. The third-order valence-corrected chi connectivity index (χ3v) is 5.25. The van der Waals surface area contributed by atoms with Crippen LogP contribution in [0.4, 0.5) is 5.69 Å². The van der Waals surface area contributed by atoms with Crippen LogP contribution in [0.3, 0.4) is 0 Å². The van der Waals surface area contributed by atoms with Crippen molar-refractivity contribution in [2.75, 3.05) is 12.4 Å². The summed E-state index contributed by atoms with van der Waals surface area (Å²) in [6, 6.07) is 0. The molecule has 110 valence electrons. The number of nitrogens with one attached hydrogen (secondary N) is 1. The third kappa shape index (κ3) is 2.73. The smallest absolute Gasteiger partial charge is 0.350 e. The summed E-state index contributed by atoms with van der Waals surface area (Å²) in [5, 5.41) is 4.81. The van der Waals surface area contributed by atoms with Crippen LogP contribution in [-0.4, -0.2) is 19.0 Å². The van der Waals surface area contributed by atoms with Crippen LogP contribution in [0.5, 0.6) is 0 Å². The largest absolute Gasteiger partial charge is 0.465 e. The summed E-state index contributed by atoms with van der Waals surface area (Å²) in [6.07, 6.45) is 3.06. The molecule has 0 aliphatic heterocycles. The number of methoxy groups -OCH3 is 1. The number of aryl methyl sites for hydroxylation is 1. The van der Waals surface area contributed by atoms with Gasteiger partial charge in [0, 0.05) is 5.92 Å². The molecule has 1 N–H and O–H groups in total. The lowest BCUT2D eigenvalue weighted by Crippen LogP contribution is -2.31. The molecule has 1 saturated carbocycles. The second-order valence-corrected chi connectivity index (χ2v) is 6.92. The van der Waals surface area contributed by atoms with Gasteiger partial charge in [-0.1, -0.05) is 20.3 Å². The van der Waals surface area contributed by atoms with E-state index in [1.165, 1.54) is 18.4 Å². The number of thiophene rings is 1. The summed E-state index contributed by atoms with van der Waals surface area (Å²) in [5.74, 6) is -0.379. The van der Waals surface area contributed by atoms with Gasteiger partial charge in [-0.25, -0.2) is 4.79 Å². The van der Waals surface area contributed by atoms with Crippen molar-refractivity contribution < 1.29 is 14.3 Å². The Kier molecular flexibility index (Phi) is 4.18. The van der Waals surface area contributed by atoms with Gasteiger partial charge in [0.15, 0.2) is 0 Å². The Bertz CT molecular complexity index is 533. The van der Waals surface area contributed by atoms with E-state index in [1.807, 2.05) is 12.3 Å².